The summed E-state index contributed by atoms with van der Waals surface area (Å²) in [6.45, 7) is 4.04. The Balaban J connectivity index is 2.87. The van der Waals surface area contributed by atoms with Gasteiger partial charge in [-0.25, -0.2) is 0 Å². The van der Waals surface area contributed by atoms with Crippen molar-refractivity contribution in [3.63, 3.8) is 0 Å². The zero-order valence-corrected chi connectivity index (χ0v) is 6.31. The molecule has 0 fully saturated rings. The van der Waals surface area contributed by atoms with Crippen LogP contribution < -0.4 is 0 Å². The molecule has 0 aliphatic heterocycles. The second-order valence-electron chi connectivity index (χ2n) is 2.50. The van der Waals surface area contributed by atoms with Gasteiger partial charge in [0.15, 0.2) is 0 Å². The molecule has 0 saturated carbocycles. The van der Waals surface area contributed by atoms with Crippen LogP contribution in [0.4, 0.5) is 0 Å². The summed E-state index contributed by atoms with van der Waals surface area (Å²) in [6, 6.07) is 2.07. The van der Waals surface area contributed by atoms with E-state index in [1.807, 2.05) is 20.0 Å². The Morgan fingerprint density at radius 1 is 1.70 bits per heavy atom. The third kappa shape index (κ3) is 1.22. The number of H-pyrrole nitrogens is 1. The minimum atomic E-state index is 0.227. The van der Waals surface area contributed by atoms with E-state index in [1.54, 1.807) is 0 Å². The molecule has 1 atom stereocenters. The summed E-state index contributed by atoms with van der Waals surface area (Å²) in [6.07, 6.45) is 7.21. The van der Waals surface area contributed by atoms with Crippen LogP contribution >= 0.6 is 0 Å². The van der Waals surface area contributed by atoms with Crippen molar-refractivity contribution >= 4 is 0 Å². The van der Waals surface area contributed by atoms with Crippen LogP contribution in [0.1, 0.15) is 24.1 Å². The normalized spacial score (nSPS) is 12.5. The van der Waals surface area contributed by atoms with Gasteiger partial charge < -0.3 is 4.98 Å². The lowest BCUT2D eigenvalue weighted by molar-refractivity contribution is 1.01. The van der Waals surface area contributed by atoms with Gasteiger partial charge in [-0.2, -0.15) is 0 Å². The van der Waals surface area contributed by atoms with Crippen LogP contribution in [0.25, 0.3) is 0 Å². The predicted molar refractivity (Wildman–Crippen MR) is 42.8 cm³/mol. The number of rotatable bonds is 1. The van der Waals surface area contributed by atoms with Gasteiger partial charge in [-0.1, -0.05) is 5.92 Å². The highest BCUT2D eigenvalue weighted by Crippen LogP contribution is 2.13. The fourth-order valence-electron chi connectivity index (χ4n) is 0.877. The first kappa shape index (κ1) is 6.95. The second kappa shape index (κ2) is 2.62. The monoisotopic (exact) mass is 133 g/mol. The minimum Gasteiger partial charge on any atom is -0.365 e. The summed E-state index contributed by atoms with van der Waals surface area (Å²) < 4.78 is 0. The minimum absolute atomic E-state index is 0.227. The number of aromatic amines is 1. The Bertz CT molecular complexity index is 252. The zero-order chi connectivity index (χ0) is 7.56. The first-order valence-corrected chi connectivity index (χ1v) is 3.35. The predicted octanol–water partition coefficient (Wildman–Crippen LogP) is 2.06. The molecule has 0 saturated heterocycles. The molecule has 0 amide bonds. The maximum Gasteiger partial charge on any atom is 0.0436 e. The SMILES string of the molecule is C#CC(C)c1c[nH]c(C)c1. The van der Waals surface area contributed by atoms with Crippen LogP contribution in [0, 0.1) is 19.3 Å². The molecule has 1 nitrogen and oxygen atoms in total. The summed E-state index contributed by atoms with van der Waals surface area (Å²) in [5, 5.41) is 0. The van der Waals surface area contributed by atoms with E-state index in [1.165, 1.54) is 5.56 Å². The molecule has 0 aromatic carbocycles. The van der Waals surface area contributed by atoms with Gasteiger partial charge in [0.25, 0.3) is 0 Å². The van der Waals surface area contributed by atoms with Crippen LogP contribution in [-0.4, -0.2) is 4.98 Å². The summed E-state index contributed by atoms with van der Waals surface area (Å²) in [5.74, 6) is 2.90. The average Bonchev–Trinajstić information content (AvgIpc) is 2.34. The second-order valence-corrected chi connectivity index (χ2v) is 2.50. The number of aromatic nitrogens is 1. The lowest BCUT2D eigenvalue weighted by Crippen LogP contribution is -1.83. The Morgan fingerprint density at radius 3 is 2.80 bits per heavy atom. The molecule has 1 heteroatoms. The van der Waals surface area contributed by atoms with Crippen LogP contribution in [0.5, 0.6) is 0 Å². The van der Waals surface area contributed by atoms with E-state index in [9.17, 15) is 0 Å². The van der Waals surface area contributed by atoms with Crippen molar-refractivity contribution in [3.05, 3.63) is 23.5 Å². The van der Waals surface area contributed by atoms with Crippen molar-refractivity contribution in [2.75, 3.05) is 0 Å². The van der Waals surface area contributed by atoms with Gasteiger partial charge in [-0.3, -0.25) is 0 Å². The van der Waals surface area contributed by atoms with E-state index in [0.29, 0.717) is 0 Å². The molecule has 1 aromatic rings. The van der Waals surface area contributed by atoms with E-state index in [4.69, 9.17) is 6.42 Å². The number of hydrogen-bond donors (Lipinski definition) is 1. The molecule has 52 valence electrons. The molecule has 1 unspecified atom stereocenters. The van der Waals surface area contributed by atoms with E-state index >= 15 is 0 Å². The van der Waals surface area contributed by atoms with E-state index in [0.717, 1.165) is 5.69 Å². The molecule has 0 radical (unpaired) electrons. The Labute approximate surface area is 61.5 Å². The van der Waals surface area contributed by atoms with Crippen LogP contribution in [0.2, 0.25) is 0 Å². The third-order valence-electron chi connectivity index (χ3n) is 1.60. The van der Waals surface area contributed by atoms with Crippen molar-refractivity contribution in [2.45, 2.75) is 19.8 Å². The molecule has 10 heavy (non-hydrogen) atoms. The van der Waals surface area contributed by atoms with Crippen molar-refractivity contribution in [3.8, 4) is 12.3 Å². The van der Waals surface area contributed by atoms with Crippen molar-refractivity contribution in [1.82, 2.24) is 4.98 Å². The zero-order valence-electron chi connectivity index (χ0n) is 6.31. The maximum absolute atomic E-state index is 5.25. The smallest absolute Gasteiger partial charge is 0.0436 e. The highest BCUT2D eigenvalue weighted by molar-refractivity contribution is 5.25. The van der Waals surface area contributed by atoms with Gasteiger partial charge in [-0.05, 0) is 25.5 Å². The molecule has 0 aliphatic carbocycles. The average molecular weight is 133 g/mol. The standard InChI is InChI=1S/C9H11N/c1-4-7(2)9-5-8(3)10-6-9/h1,5-7,10H,2-3H3. The van der Waals surface area contributed by atoms with Crippen molar-refractivity contribution < 1.29 is 0 Å². The number of aryl methyl sites for hydroxylation is 1. The molecule has 1 heterocycles. The first-order valence-electron chi connectivity index (χ1n) is 3.35. The lowest BCUT2D eigenvalue weighted by atomic mass is 10.1. The molecule has 1 rings (SSSR count). The van der Waals surface area contributed by atoms with Crippen LogP contribution in [-0.2, 0) is 0 Å². The lowest BCUT2D eigenvalue weighted by Gasteiger charge is -1.96. The van der Waals surface area contributed by atoms with E-state index in [2.05, 4.69) is 17.0 Å². The quantitative estimate of drug-likeness (QED) is 0.564. The Hall–Kier alpha value is -1.16. The van der Waals surface area contributed by atoms with Gasteiger partial charge in [0, 0.05) is 17.8 Å². The molecule has 1 aromatic heterocycles. The molecule has 0 aliphatic rings. The molecular formula is C9H11N. The summed E-state index contributed by atoms with van der Waals surface area (Å²) >= 11 is 0. The van der Waals surface area contributed by atoms with Crippen molar-refractivity contribution in [2.24, 2.45) is 0 Å². The highest BCUT2D eigenvalue weighted by atomic mass is 14.7. The Morgan fingerprint density at radius 2 is 2.40 bits per heavy atom. The van der Waals surface area contributed by atoms with E-state index < -0.39 is 0 Å². The topological polar surface area (TPSA) is 15.8 Å². The third-order valence-corrected chi connectivity index (χ3v) is 1.60. The summed E-state index contributed by atoms with van der Waals surface area (Å²) in [5.41, 5.74) is 2.36. The number of terminal acetylenes is 1. The van der Waals surface area contributed by atoms with Gasteiger partial charge in [0.05, 0.1) is 0 Å². The van der Waals surface area contributed by atoms with Gasteiger partial charge in [0.2, 0.25) is 0 Å². The van der Waals surface area contributed by atoms with E-state index in [-0.39, 0.29) is 5.92 Å². The van der Waals surface area contributed by atoms with Gasteiger partial charge in [-0.15, -0.1) is 6.42 Å². The first-order chi connectivity index (χ1) is 4.74. The van der Waals surface area contributed by atoms with Crippen molar-refractivity contribution in [1.29, 1.82) is 0 Å². The van der Waals surface area contributed by atoms with Crippen LogP contribution in [0.3, 0.4) is 0 Å². The molecule has 0 bridgehead atoms. The largest absolute Gasteiger partial charge is 0.365 e. The van der Waals surface area contributed by atoms with Gasteiger partial charge >= 0.3 is 0 Å². The van der Waals surface area contributed by atoms with Crippen LogP contribution in [0.15, 0.2) is 12.3 Å². The highest BCUT2D eigenvalue weighted by Gasteiger charge is 2.01. The van der Waals surface area contributed by atoms with Gasteiger partial charge in [0.1, 0.15) is 0 Å². The molecular weight excluding hydrogens is 122 g/mol. The Kier molecular flexibility index (Phi) is 1.82. The number of nitrogens with one attached hydrogen (secondary N) is 1. The maximum atomic E-state index is 5.25. The molecule has 1 N–H and O–H groups in total. The number of hydrogen-bond acceptors (Lipinski definition) is 0. The fourth-order valence-corrected chi connectivity index (χ4v) is 0.877. The summed E-state index contributed by atoms with van der Waals surface area (Å²) in [7, 11) is 0. The fraction of sp³-hybridized carbons (Fsp3) is 0.333. The molecule has 0 spiro atoms. The summed E-state index contributed by atoms with van der Waals surface area (Å²) in [4.78, 5) is 3.09.